The minimum Gasteiger partial charge on any atom is -0.456 e. The van der Waals surface area contributed by atoms with Gasteiger partial charge in [0.25, 0.3) is 0 Å². The van der Waals surface area contributed by atoms with Gasteiger partial charge in [0.05, 0.1) is 0 Å². The first-order valence-electron chi connectivity index (χ1n) is 11.8. The minimum absolute atomic E-state index is 0.0530. The van der Waals surface area contributed by atoms with Crippen molar-refractivity contribution in [1.82, 2.24) is 0 Å². The number of allylic oxidation sites excluding steroid dienone is 2. The van der Waals surface area contributed by atoms with Crippen LogP contribution in [0, 0.1) is 0 Å². The van der Waals surface area contributed by atoms with Crippen LogP contribution in [0.15, 0.2) is 114 Å². The topological polar surface area (TPSA) is 16.4 Å². The Labute approximate surface area is 200 Å². The van der Waals surface area contributed by atoms with Gasteiger partial charge >= 0.3 is 0 Å². The number of benzene rings is 4. The highest BCUT2D eigenvalue weighted by molar-refractivity contribution is 6.06. The number of fused-ring (bicyclic) bond motifs is 6. The van der Waals surface area contributed by atoms with Crippen molar-refractivity contribution >= 4 is 33.3 Å². The van der Waals surface area contributed by atoms with Crippen LogP contribution in [0.1, 0.15) is 31.9 Å². The average molecular weight is 442 g/mol. The third-order valence-corrected chi connectivity index (χ3v) is 7.21. The van der Waals surface area contributed by atoms with Gasteiger partial charge in [-0.15, -0.1) is 0 Å². The van der Waals surface area contributed by atoms with Crippen molar-refractivity contribution in [1.29, 1.82) is 0 Å². The summed E-state index contributed by atoms with van der Waals surface area (Å²) in [6.45, 7) is 10.8. The van der Waals surface area contributed by atoms with Crippen LogP contribution in [0.3, 0.4) is 0 Å². The van der Waals surface area contributed by atoms with E-state index >= 15 is 0 Å². The van der Waals surface area contributed by atoms with E-state index in [1.807, 2.05) is 18.2 Å². The molecule has 0 amide bonds. The zero-order valence-electron chi connectivity index (χ0n) is 19.8. The van der Waals surface area contributed by atoms with E-state index in [0.717, 1.165) is 39.0 Å². The zero-order chi connectivity index (χ0) is 23.4. The van der Waals surface area contributed by atoms with Crippen molar-refractivity contribution in [3.63, 3.8) is 0 Å². The standard InChI is InChI=1S/C32H27NO/c1-5-21(6-2)33(22-16-18-31-27(19-22)26-12-8-10-14-30(26)34-31)23-15-17-25-24-11-7-9-13-28(24)32(3,4)29(25)20-23/h5-20H,1H2,2-4H3/b21-6+. The number of nitrogens with zero attached hydrogens (tertiary/aromatic N) is 1. The Morgan fingerprint density at radius 1 is 0.765 bits per heavy atom. The van der Waals surface area contributed by atoms with E-state index in [-0.39, 0.29) is 5.41 Å². The third-order valence-electron chi connectivity index (χ3n) is 7.21. The van der Waals surface area contributed by atoms with Gasteiger partial charge in [-0.3, -0.25) is 0 Å². The van der Waals surface area contributed by atoms with E-state index in [1.54, 1.807) is 0 Å². The lowest BCUT2D eigenvalue weighted by Gasteiger charge is -2.28. The summed E-state index contributed by atoms with van der Waals surface area (Å²) < 4.78 is 6.08. The van der Waals surface area contributed by atoms with Crippen molar-refractivity contribution in [2.45, 2.75) is 26.2 Å². The molecule has 1 aromatic heterocycles. The van der Waals surface area contributed by atoms with Crippen molar-refractivity contribution in [3.05, 3.63) is 120 Å². The van der Waals surface area contributed by atoms with Crippen LogP contribution in [0.25, 0.3) is 33.1 Å². The largest absolute Gasteiger partial charge is 0.456 e. The maximum absolute atomic E-state index is 6.08. The normalized spacial score (nSPS) is 14.3. The van der Waals surface area contributed by atoms with Gasteiger partial charge in [0, 0.05) is 33.3 Å². The molecule has 0 bridgehead atoms. The molecule has 0 fully saturated rings. The van der Waals surface area contributed by atoms with Crippen molar-refractivity contribution in [3.8, 4) is 11.1 Å². The second kappa shape index (κ2) is 7.50. The molecule has 0 aliphatic heterocycles. The van der Waals surface area contributed by atoms with Crippen molar-refractivity contribution in [2.75, 3.05) is 4.90 Å². The van der Waals surface area contributed by atoms with Crippen LogP contribution in [0.2, 0.25) is 0 Å². The molecule has 2 heteroatoms. The van der Waals surface area contributed by atoms with Crippen molar-refractivity contribution in [2.24, 2.45) is 0 Å². The van der Waals surface area contributed by atoms with E-state index in [2.05, 4.69) is 111 Å². The number of para-hydroxylation sites is 1. The Balaban J connectivity index is 1.55. The Kier molecular flexibility index (Phi) is 4.53. The Morgan fingerprint density at radius 2 is 1.44 bits per heavy atom. The van der Waals surface area contributed by atoms with Gasteiger partial charge in [-0.25, -0.2) is 0 Å². The maximum atomic E-state index is 6.08. The number of anilines is 2. The summed E-state index contributed by atoms with van der Waals surface area (Å²) >= 11 is 0. The van der Waals surface area contributed by atoms with Gasteiger partial charge in [-0.1, -0.05) is 75.0 Å². The molecule has 1 aliphatic carbocycles. The molecule has 34 heavy (non-hydrogen) atoms. The second-order valence-electron chi connectivity index (χ2n) is 9.43. The average Bonchev–Trinajstić information content (AvgIpc) is 3.35. The fraction of sp³-hybridized carbons (Fsp3) is 0.125. The molecule has 6 rings (SSSR count). The number of hydrogen-bond acceptors (Lipinski definition) is 2. The highest BCUT2D eigenvalue weighted by Crippen LogP contribution is 2.50. The molecule has 0 saturated carbocycles. The van der Waals surface area contributed by atoms with Gasteiger partial charge in [-0.2, -0.15) is 0 Å². The molecule has 2 nitrogen and oxygen atoms in total. The fourth-order valence-electron chi connectivity index (χ4n) is 5.47. The summed E-state index contributed by atoms with van der Waals surface area (Å²) in [6.07, 6.45) is 4.03. The summed E-state index contributed by atoms with van der Waals surface area (Å²) in [5.41, 5.74) is 10.4. The molecule has 1 aliphatic rings. The Bertz CT molecular complexity index is 1620. The molecule has 0 radical (unpaired) electrons. The number of furan rings is 1. The van der Waals surface area contributed by atoms with Gasteiger partial charge in [0.2, 0.25) is 0 Å². The highest BCUT2D eigenvalue weighted by atomic mass is 16.3. The molecule has 0 spiro atoms. The summed E-state index contributed by atoms with van der Waals surface area (Å²) in [7, 11) is 0. The van der Waals surface area contributed by atoms with Gasteiger partial charge in [0.1, 0.15) is 11.2 Å². The van der Waals surface area contributed by atoms with Crippen LogP contribution >= 0.6 is 0 Å². The van der Waals surface area contributed by atoms with E-state index in [1.165, 1.54) is 22.3 Å². The Hall–Kier alpha value is -4.04. The monoisotopic (exact) mass is 441 g/mol. The molecule has 5 aromatic rings. The summed E-state index contributed by atoms with van der Waals surface area (Å²) in [5.74, 6) is 0. The maximum Gasteiger partial charge on any atom is 0.135 e. The fourth-order valence-corrected chi connectivity index (χ4v) is 5.47. The second-order valence-corrected chi connectivity index (χ2v) is 9.43. The van der Waals surface area contributed by atoms with E-state index in [4.69, 9.17) is 4.42 Å². The first-order valence-corrected chi connectivity index (χ1v) is 11.8. The SMILES string of the molecule is C=C/C(=C\C)N(c1ccc2c(c1)C(C)(C)c1ccccc1-2)c1ccc2oc3ccccc3c2c1. The molecule has 0 N–H and O–H groups in total. The summed E-state index contributed by atoms with van der Waals surface area (Å²) in [6, 6.07) is 30.2. The van der Waals surface area contributed by atoms with Crippen LogP contribution in [-0.4, -0.2) is 0 Å². The minimum atomic E-state index is -0.0530. The summed E-state index contributed by atoms with van der Waals surface area (Å²) in [4.78, 5) is 2.29. The quantitative estimate of drug-likeness (QED) is 0.259. The first-order chi connectivity index (χ1) is 16.5. The lowest BCUT2D eigenvalue weighted by Crippen LogP contribution is -2.18. The molecule has 4 aromatic carbocycles. The molecule has 166 valence electrons. The van der Waals surface area contributed by atoms with E-state index in [0.29, 0.717) is 0 Å². The van der Waals surface area contributed by atoms with Gasteiger partial charge < -0.3 is 9.32 Å². The van der Waals surface area contributed by atoms with Crippen LogP contribution in [0.5, 0.6) is 0 Å². The van der Waals surface area contributed by atoms with E-state index in [9.17, 15) is 0 Å². The predicted octanol–water partition coefficient (Wildman–Crippen LogP) is 9.12. The van der Waals surface area contributed by atoms with Gasteiger partial charge in [-0.05, 0) is 71.7 Å². The lowest BCUT2D eigenvalue weighted by molar-refractivity contribution is 0.660. The molecule has 1 heterocycles. The molecule has 0 unspecified atom stereocenters. The van der Waals surface area contributed by atoms with E-state index < -0.39 is 0 Å². The lowest BCUT2D eigenvalue weighted by atomic mass is 9.82. The summed E-state index contributed by atoms with van der Waals surface area (Å²) in [5, 5.41) is 2.25. The molecular weight excluding hydrogens is 414 g/mol. The van der Waals surface area contributed by atoms with Crippen LogP contribution < -0.4 is 4.90 Å². The van der Waals surface area contributed by atoms with Gasteiger partial charge in [0.15, 0.2) is 0 Å². The molecule has 0 atom stereocenters. The zero-order valence-corrected chi connectivity index (χ0v) is 19.8. The van der Waals surface area contributed by atoms with Crippen LogP contribution in [-0.2, 0) is 5.41 Å². The first kappa shape index (κ1) is 20.6. The van der Waals surface area contributed by atoms with Crippen molar-refractivity contribution < 1.29 is 4.42 Å². The van der Waals surface area contributed by atoms with Crippen LogP contribution in [0.4, 0.5) is 11.4 Å². The molecule has 0 saturated heterocycles. The third kappa shape index (κ3) is 2.88. The number of hydrogen-bond donors (Lipinski definition) is 0. The molecular formula is C32H27NO. The Morgan fingerprint density at radius 3 is 2.26 bits per heavy atom. The highest BCUT2D eigenvalue weighted by Gasteiger charge is 2.35. The smallest absolute Gasteiger partial charge is 0.135 e. The number of rotatable bonds is 4. The predicted molar refractivity (Wildman–Crippen MR) is 144 cm³/mol.